The van der Waals surface area contributed by atoms with Crippen LogP contribution >= 0.6 is 0 Å². The molecule has 2 heteroatoms. The lowest BCUT2D eigenvalue weighted by Gasteiger charge is -2.16. The topological polar surface area (TPSA) is 33.4 Å². The number of hydrogen-bond donors (Lipinski definition) is 1. The van der Waals surface area contributed by atoms with Crippen molar-refractivity contribution < 1.29 is 9.52 Å². The first-order valence-corrected chi connectivity index (χ1v) is 5.50. The molecule has 2 nitrogen and oxygen atoms in total. The van der Waals surface area contributed by atoms with Crippen LogP contribution in [0.25, 0.3) is 0 Å². The van der Waals surface area contributed by atoms with E-state index in [0.29, 0.717) is 11.7 Å². The lowest BCUT2D eigenvalue weighted by Crippen LogP contribution is -2.03. The van der Waals surface area contributed by atoms with E-state index in [9.17, 15) is 5.11 Å². The van der Waals surface area contributed by atoms with Crippen LogP contribution in [0.5, 0.6) is 0 Å². The van der Waals surface area contributed by atoms with E-state index in [1.807, 2.05) is 24.3 Å². The molecule has 0 aliphatic heterocycles. The molecule has 0 aliphatic rings. The molecule has 84 valence electrons. The SMILES string of the molecule is CC(C)c1ccccc1C(O)c1ccco1. The Morgan fingerprint density at radius 2 is 1.69 bits per heavy atom. The Hall–Kier alpha value is -1.54. The molecular formula is C14H16O2. The van der Waals surface area contributed by atoms with Crippen molar-refractivity contribution in [1.29, 1.82) is 0 Å². The lowest BCUT2D eigenvalue weighted by atomic mass is 9.93. The summed E-state index contributed by atoms with van der Waals surface area (Å²) in [5, 5.41) is 10.2. The van der Waals surface area contributed by atoms with Gasteiger partial charge in [-0.1, -0.05) is 38.1 Å². The van der Waals surface area contributed by atoms with Gasteiger partial charge in [-0.3, -0.25) is 0 Å². The van der Waals surface area contributed by atoms with Crippen molar-refractivity contribution in [1.82, 2.24) is 0 Å². The highest BCUT2D eigenvalue weighted by atomic mass is 16.4. The van der Waals surface area contributed by atoms with Gasteiger partial charge in [0.15, 0.2) is 0 Å². The van der Waals surface area contributed by atoms with Gasteiger partial charge < -0.3 is 9.52 Å². The van der Waals surface area contributed by atoms with Crippen LogP contribution in [0.15, 0.2) is 47.1 Å². The molecule has 1 atom stereocenters. The van der Waals surface area contributed by atoms with Gasteiger partial charge in [0.25, 0.3) is 0 Å². The van der Waals surface area contributed by atoms with E-state index >= 15 is 0 Å². The molecule has 2 rings (SSSR count). The van der Waals surface area contributed by atoms with E-state index < -0.39 is 6.10 Å². The van der Waals surface area contributed by atoms with Gasteiger partial charge in [0.2, 0.25) is 0 Å². The van der Waals surface area contributed by atoms with E-state index in [1.54, 1.807) is 18.4 Å². The molecule has 0 radical (unpaired) electrons. The summed E-state index contributed by atoms with van der Waals surface area (Å²) in [6, 6.07) is 11.5. The van der Waals surface area contributed by atoms with Gasteiger partial charge in [-0.05, 0) is 29.2 Å². The van der Waals surface area contributed by atoms with Crippen LogP contribution < -0.4 is 0 Å². The molecule has 2 aromatic rings. The molecule has 0 amide bonds. The molecule has 16 heavy (non-hydrogen) atoms. The maximum atomic E-state index is 10.2. The third-order valence-corrected chi connectivity index (χ3v) is 2.73. The Bertz CT molecular complexity index is 444. The van der Waals surface area contributed by atoms with Crippen LogP contribution in [0.3, 0.4) is 0 Å². The molecule has 0 saturated heterocycles. The molecule has 0 saturated carbocycles. The van der Waals surface area contributed by atoms with Crippen molar-refractivity contribution in [3.8, 4) is 0 Å². The Morgan fingerprint density at radius 3 is 2.25 bits per heavy atom. The summed E-state index contributed by atoms with van der Waals surface area (Å²) in [6.07, 6.45) is 0.907. The lowest BCUT2D eigenvalue weighted by molar-refractivity contribution is 0.188. The second kappa shape index (κ2) is 4.54. The first kappa shape index (κ1) is 11.0. The standard InChI is InChI=1S/C14H16O2/c1-10(2)11-6-3-4-7-12(11)14(15)13-8-5-9-16-13/h3-10,14-15H,1-2H3. The zero-order valence-corrected chi connectivity index (χ0v) is 9.55. The van der Waals surface area contributed by atoms with Gasteiger partial charge in [-0.15, -0.1) is 0 Å². The monoisotopic (exact) mass is 216 g/mol. The second-order valence-electron chi connectivity index (χ2n) is 4.20. The highest BCUT2D eigenvalue weighted by Crippen LogP contribution is 2.29. The molecule has 1 unspecified atom stereocenters. The summed E-state index contributed by atoms with van der Waals surface area (Å²) in [5.41, 5.74) is 2.08. The molecule has 1 N–H and O–H groups in total. The van der Waals surface area contributed by atoms with Crippen LogP contribution in [0, 0.1) is 0 Å². The third kappa shape index (κ3) is 2.02. The summed E-state index contributed by atoms with van der Waals surface area (Å²) >= 11 is 0. The van der Waals surface area contributed by atoms with Gasteiger partial charge in [0, 0.05) is 0 Å². The number of aliphatic hydroxyl groups excluding tert-OH is 1. The van der Waals surface area contributed by atoms with E-state index in [-0.39, 0.29) is 0 Å². The molecule has 1 aromatic heterocycles. The van der Waals surface area contributed by atoms with E-state index in [1.165, 1.54) is 0 Å². The zero-order chi connectivity index (χ0) is 11.5. The fraction of sp³-hybridized carbons (Fsp3) is 0.286. The summed E-state index contributed by atoms with van der Waals surface area (Å²) < 4.78 is 5.23. The van der Waals surface area contributed by atoms with Crippen LogP contribution in [0.2, 0.25) is 0 Å². The Balaban J connectivity index is 2.40. The molecule has 1 heterocycles. The minimum atomic E-state index is -0.673. The largest absolute Gasteiger partial charge is 0.466 e. The van der Waals surface area contributed by atoms with Gasteiger partial charge in [0.1, 0.15) is 11.9 Å². The fourth-order valence-corrected chi connectivity index (χ4v) is 1.89. The van der Waals surface area contributed by atoms with Crippen molar-refractivity contribution in [2.24, 2.45) is 0 Å². The minimum absolute atomic E-state index is 0.390. The number of hydrogen-bond acceptors (Lipinski definition) is 2. The first-order valence-electron chi connectivity index (χ1n) is 5.50. The Morgan fingerprint density at radius 1 is 1.00 bits per heavy atom. The van der Waals surface area contributed by atoms with E-state index in [0.717, 1.165) is 11.1 Å². The van der Waals surface area contributed by atoms with Crippen molar-refractivity contribution in [3.05, 3.63) is 59.5 Å². The molecule has 0 spiro atoms. The van der Waals surface area contributed by atoms with Crippen molar-refractivity contribution in [2.75, 3.05) is 0 Å². The number of furan rings is 1. The normalized spacial score (nSPS) is 13.0. The van der Waals surface area contributed by atoms with Crippen molar-refractivity contribution in [3.63, 3.8) is 0 Å². The van der Waals surface area contributed by atoms with E-state index in [2.05, 4.69) is 13.8 Å². The van der Waals surface area contributed by atoms with Crippen molar-refractivity contribution in [2.45, 2.75) is 25.9 Å². The predicted octanol–water partition coefficient (Wildman–Crippen LogP) is 3.48. The van der Waals surface area contributed by atoms with Crippen LogP contribution in [-0.2, 0) is 0 Å². The maximum absolute atomic E-state index is 10.2. The van der Waals surface area contributed by atoms with Crippen molar-refractivity contribution >= 4 is 0 Å². The van der Waals surface area contributed by atoms with Crippen LogP contribution in [-0.4, -0.2) is 5.11 Å². The smallest absolute Gasteiger partial charge is 0.137 e. The Kier molecular flexibility index (Phi) is 3.11. The summed E-state index contributed by atoms with van der Waals surface area (Å²) in [7, 11) is 0. The van der Waals surface area contributed by atoms with E-state index in [4.69, 9.17) is 4.42 Å². The maximum Gasteiger partial charge on any atom is 0.137 e. The highest BCUT2D eigenvalue weighted by Gasteiger charge is 2.17. The number of benzene rings is 1. The average molecular weight is 216 g/mol. The highest BCUT2D eigenvalue weighted by molar-refractivity contribution is 5.34. The number of rotatable bonds is 3. The van der Waals surface area contributed by atoms with Crippen LogP contribution in [0.4, 0.5) is 0 Å². The quantitative estimate of drug-likeness (QED) is 0.852. The van der Waals surface area contributed by atoms with Gasteiger partial charge >= 0.3 is 0 Å². The fourth-order valence-electron chi connectivity index (χ4n) is 1.89. The van der Waals surface area contributed by atoms with Crippen LogP contribution in [0.1, 0.15) is 42.8 Å². The predicted molar refractivity (Wildman–Crippen MR) is 63.3 cm³/mol. The van der Waals surface area contributed by atoms with Gasteiger partial charge in [-0.2, -0.15) is 0 Å². The zero-order valence-electron chi connectivity index (χ0n) is 9.55. The molecule has 1 aromatic carbocycles. The molecule has 0 fully saturated rings. The summed E-state index contributed by atoms with van der Waals surface area (Å²) in [5.74, 6) is 0.980. The third-order valence-electron chi connectivity index (χ3n) is 2.73. The average Bonchev–Trinajstić information content (AvgIpc) is 2.81. The summed E-state index contributed by atoms with van der Waals surface area (Å²) in [4.78, 5) is 0. The first-order chi connectivity index (χ1) is 7.70. The molecule has 0 bridgehead atoms. The number of aliphatic hydroxyl groups is 1. The molecular weight excluding hydrogens is 200 g/mol. The summed E-state index contributed by atoms with van der Waals surface area (Å²) in [6.45, 7) is 4.24. The Labute approximate surface area is 95.5 Å². The molecule has 0 aliphatic carbocycles. The second-order valence-corrected chi connectivity index (χ2v) is 4.20. The van der Waals surface area contributed by atoms with Gasteiger partial charge in [0.05, 0.1) is 6.26 Å². The van der Waals surface area contributed by atoms with Gasteiger partial charge in [-0.25, -0.2) is 0 Å². The minimum Gasteiger partial charge on any atom is -0.466 e.